The Hall–Kier alpha value is -0.390. The Morgan fingerprint density at radius 1 is 1.62 bits per heavy atom. The summed E-state index contributed by atoms with van der Waals surface area (Å²) in [6, 6.07) is 0.332. The van der Waals surface area contributed by atoms with Gasteiger partial charge in [-0.2, -0.15) is 5.10 Å². The number of hydrazine groups is 1. The Morgan fingerprint density at radius 2 is 2.25 bits per heavy atom. The first-order valence-corrected chi connectivity index (χ1v) is 6.41. The Morgan fingerprint density at radius 3 is 2.62 bits per heavy atom. The highest BCUT2D eigenvalue weighted by Crippen LogP contribution is 2.49. The number of aromatic nitrogens is 2. The number of nitrogens with one attached hydrogen (secondary N) is 1. The summed E-state index contributed by atoms with van der Waals surface area (Å²) >= 11 is 3.59. The maximum atomic E-state index is 5.66. The highest BCUT2D eigenvalue weighted by molar-refractivity contribution is 9.10. The summed E-state index contributed by atoms with van der Waals surface area (Å²) in [4.78, 5) is 0. The van der Waals surface area contributed by atoms with Gasteiger partial charge in [0, 0.05) is 19.5 Å². The number of nitrogens with zero attached hydrogens (tertiary/aromatic N) is 2. The number of rotatable bonds is 4. The predicted molar refractivity (Wildman–Crippen MR) is 67.8 cm³/mol. The molecule has 0 aliphatic heterocycles. The molecule has 1 aromatic heterocycles. The lowest BCUT2D eigenvalue weighted by Crippen LogP contribution is -2.43. The second-order valence-corrected chi connectivity index (χ2v) is 5.84. The molecule has 3 N–H and O–H groups in total. The molecule has 1 unspecified atom stereocenters. The largest absolute Gasteiger partial charge is 0.271 e. The van der Waals surface area contributed by atoms with Crippen LogP contribution in [0.5, 0.6) is 0 Å². The number of hydrogen-bond acceptors (Lipinski definition) is 3. The zero-order chi connectivity index (χ0) is 11.9. The van der Waals surface area contributed by atoms with E-state index in [1.807, 2.05) is 18.7 Å². The summed E-state index contributed by atoms with van der Waals surface area (Å²) in [7, 11) is 1.98. The van der Waals surface area contributed by atoms with Crippen LogP contribution in [0.3, 0.4) is 0 Å². The second-order valence-electron chi connectivity index (χ2n) is 5.05. The van der Waals surface area contributed by atoms with Gasteiger partial charge in [-0.1, -0.05) is 6.92 Å². The standard InChI is InChI=1S/C11H19BrN4/c1-7-10(12)8(16(3)15-7)6-9(14-13)11(2)4-5-11/h9,14H,4-6,13H2,1-3H3. The van der Waals surface area contributed by atoms with Crippen LogP contribution in [0.1, 0.15) is 31.2 Å². The maximum Gasteiger partial charge on any atom is 0.0738 e. The average molecular weight is 287 g/mol. The molecule has 90 valence electrons. The zero-order valence-electron chi connectivity index (χ0n) is 10.0. The lowest BCUT2D eigenvalue weighted by Gasteiger charge is -2.22. The van der Waals surface area contributed by atoms with Gasteiger partial charge >= 0.3 is 0 Å². The Labute approximate surface area is 105 Å². The summed E-state index contributed by atoms with van der Waals surface area (Å²) < 4.78 is 3.05. The molecule has 4 nitrogen and oxygen atoms in total. The van der Waals surface area contributed by atoms with Gasteiger partial charge in [-0.05, 0) is 41.1 Å². The van der Waals surface area contributed by atoms with Crippen LogP contribution in [0.25, 0.3) is 0 Å². The second kappa shape index (κ2) is 4.13. The van der Waals surface area contributed by atoms with Crippen LogP contribution in [0.15, 0.2) is 4.47 Å². The van der Waals surface area contributed by atoms with Gasteiger partial charge in [0.1, 0.15) is 0 Å². The van der Waals surface area contributed by atoms with Crippen molar-refractivity contribution in [1.82, 2.24) is 15.2 Å². The van der Waals surface area contributed by atoms with E-state index in [4.69, 9.17) is 5.84 Å². The van der Waals surface area contributed by atoms with Gasteiger partial charge in [0.05, 0.1) is 15.9 Å². The molecule has 1 heterocycles. The molecule has 5 heteroatoms. The topological polar surface area (TPSA) is 55.9 Å². The summed E-state index contributed by atoms with van der Waals surface area (Å²) in [6.45, 7) is 4.30. The van der Waals surface area contributed by atoms with Gasteiger partial charge in [0.2, 0.25) is 0 Å². The molecule has 1 fully saturated rings. The molecule has 16 heavy (non-hydrogen) atoms. The minimum Gasteiger partial charge on any atom is -0.271 e. The Kier molecular flexibility index (Phi) is 3.11. The molecule has 0 saturated heterocycles. The van der Waals surface area contributed by atoms with Crippen LogP contribution in [0.4, 0.5) is 0 Å². The summed E-state index contributed by atoms with van der Waals surface area (Å²) in [5.74, 6) is 5.66. The molecule has 1 aliphatic rings. The molecular weight excluding hydrogens is 268 g/mol. The fourth-order valence-corrected chi connectivity index (χ4v) is 2.65. The fourth-order valence-electron chi connectivity index (χ4n) is 2.15. The predicted octanol–water partition coefficient (Wildman–Crippen LogP) is 1.67. The van der Waals surface area contributed by atoms with E-state index in [0.29, 0.717) is 11.5 Å². The van der Waals surface area contributed by atoms with Crippen molar-refractivity contribution >= 4 is 15.9 Å². The highest BCUT2D eigenvalue weighted by Gasteiger charge is 2.44. The highest BCUT2D eigenvalue weighted by atomic mass is 79.9. The quantitative estimate of drug-likeness (QED) is 0.654. The van der Waals surface area contributed by atoms with Gasteiger partial charge in [-0.25, -0.2) is 0 Å². The molecule has 0 aromatic carbocycles. The SMILES string of the molecule is Cc1nn(C)c(CC(NN)C2(C)CC2)c1Br. The lowest BCUT2D eigenvalue weighted by molar-refractivity contribution is 0.353. The molecular formula is C11H19BrN4. The van der Waals surface area contributed by atoms with Crippen molar-refractivity contribution in [1.29, 1.82) is 0 Å². The van der Waals surface area contributed by atoms with Crippen molar-refractivity contribution in [2.75, 3.05) is 0 Å². The summed E-state index contributed by atoms with van der Waals surface area (Å²) in [5, 5.41) is 4.40. The molecule has 1 atom stereocenters. The first kappa shape index (κ1) is 12.1. The first-order chi connectivity index (χ1) is 7.48. The van der Waals surface area contributed by atoms with Crippen LogP contribution in [-0.4, -0.2) is 15.8 Å². The van der Waals surface area contributed by atoms with E-state index < -0.39 is 0 Å². The molecule has 0 radical (unpaired) electrons. The molecule has 2 rings (SSSR count). The Bertz CT molecular complexity index is 395. The van der Waals surface area contributed by atoms with Gasteiger partial charge < -0.3 is 0 Å². The summed E-state index contributed by atoms with van der Waals surface area (Å²) in [5.41, 5.74) is 5.57. The average Bonchev–Trinajstić information content (AvgIpc) is 2.92. The van der Waals surface area contributed by atoms with Crippen LogP contribution in [-0.2, 0) is 13.5 Å². The van der Waals surface area contributed by atoms with E-state index in [0.717, 1.165) is 16.6 Å². The molecule has 1 aliphatic carbocycles. The third-order valence-electron chi connectivity index (χ3n) is 3.74. The maximum absolute atomic E-state index is 5.66. The molecule has 0 bridgehead atoms. The molecule has 0 spiro atoms. The van der Waals surface area contributed by atoms with Gasteiger partial charge in [-0.15, -0.1) is 0 Å². The minimum atomic E-state index is 0.332. The van der Waals surface area contributed by atoms with Crippen LogP contribution in [0, 0.1) is 12.3 Å². The third-order valence-corrected chi connectivity index (χ3v) is 4.77. The number of halogens is 1. The van der Waals surface area contributed by atoms with Crippen molar-refractivity contribution in [2.45, 2.75) is 39.2 Å². The normalized spacial score (nSPS) is 19.8. The van der Waals surface area contributed by atoms with Crippen molar-refractivity contribution in [3.05, 3.63) is 15.9 Å². The van der Waals surface area contributed by atoms with E-state index in [9.17, 15) is 0 Å². The number of aryl methyl sites for hydroxylation is 2. The van der Waals surface area contributed by atoms with E-state index >= 15 is 0 Å². The zero-order valence-corrected chi connectivity index (χ0v) is 11.6. The number of nitrogens with two attached hydrogens (primary N) is 1. The lowest BCUT2D eigenvalue weighted by atomic mass is 9.95. The smallest absolute Gasteiger partial charge is 0.0738 e. The van der Waals surface area contributed by atoms with Crippen LogP contribution >= 0.6 is 15.9 Å². The van der Waals surface area contributed by atoms with Gasteiger partial charge in [0.15, 0.2) is 0 Å². The Balaban J connectivity index is 2.19. The monoisotopic (exact) mass is 286 g/mol. The van der Waals surface area contributed by atoms with Crippen molar-refractivity contribution in [3.63, 3.8) is 0 Å². The fraction of sp³-hybridized carbons (Fsp3) is 0.727. The van der Waals surface area contributed by atoms with E-state index in [1.165, 1.54) is 18.5 Å². The van der Waals surface area contributed by atoms with Crippen molar-refractivity contribution < 1.29 is 0 Å². The third kappa shape index (κ3) is 2.04. The molecule has 1 saturated carbocycles. The molecule has 0 amide bonds. The summed E-state index contributed by atoms with van der Waals surface area (Å²) in [6.07, 6.45) is 3.44. The van der Waals surface area contributed by atoms with Gasteiger partial charge in [0.25, 0.3) is 0 Å². The molecule has 1 aromatic rings. The van der Waals surface area contributed by atoms with Crippen molar-refractivity contribution in [3.8, 4) is 0 Å². The van der Waals surface area contributed by atoms with Crippen molar-refractivity contribution in [2.24, 2.45) is 18.3 Å². The van der Waals surface area contributed by atoms with E-state index in [-0.39, 0.29) is 0 Å². The van der Waals surface area contributed by atoms with Gasteiger partial charge in [-0.3, -0.25) is 16.0 Å². The van der Waals surface area contributed by atoms with E-state index in [2.05, 4.69) is 33.4 Å². The van der Waals surface area contributed by atoms with Crippen LogP contribution in [0.2, 0.25) is 0 Å². The van der Waals surface area contributed by atoms with Crippen LogP contribution < -0.4 is 11.3 Å². The van der Waals surface area contributed by atoms with E-state index in [1.54, 1.807) is 0 Å². The number of hydrogen-bond donors (Lipinski definition) is 2. The first-order valence-electron chi connectivity index (χ1n) is 5.62. The minimum absolute atomic E-state index is 0.332.